The smallest absolute Gasteiger partial charge is 0.246 e. The number of rotatable bonds is 2. The fraction of sp³-hybridized carbons (Fsp3) is 0.400. The lowest BCUT2D eigenvalue weighted by Gasteiger charge is -2.16. The highest BCUT2D eigenvalue weighted by atomic mass is 32.2. The molecule has 18 heavy (non-hydrogen) atoms. The van der Waals surface area contributed by atoms with Gasteiger partial charge in [-0.1, -0.05) is 0 Å². The minimum atomic E-state index is -4.25. The standard InChI is InChI=1S/C10H10F3NO3S/c11-7-3-9(13)10(4-8(7)12)18(16,17)14-2-1-6(15)5-14/h3-4,6,15H,1-2,5H2/t6-/m1/s1. The highest BCUT2D eigenvalue weighted by Gasteiger charge is 2.34. The van der Waals surface area contributed by atoms with E-state index in [1.807, 2.05) is 0 Å². The van der Waals surface area contributed by atoms with Crippen molar-refractivity contribution >= 4 is 10.0 Å². The summed E-state index contributed by atoms with van der Waals surface area (Å²) in [6.45, 7) is -0.164. The van der Waals surface area contributed by atoms with E-state index in [1.54, 1.807) is 0 Å². The Morgan fingerprint density at radius 3 is 2.33 bits per heavy atom. The lowest BCUT2D eigenvalue weighted by atomic mass is 10.3. The van der Waals surface area contributed by atoms with E-state index in [0.717, 1.165) is 4.31 Å². The molecular formula is C10H10F3NO3S. The molecule has 8 heteroatoms. The first-order valence-electron chi connectivity index (χ1n) is 5.15. The van der Waals surface area contributed by atoms with E-state index in [-0.39, 0.29) is 25.6 Å². The summed E-state index contributed by atoms with van der Waals surface area (Å²) < 4.78 is 63.8. The molecular weight excluding hydrogens is 271 g/mol. The molecule has 1 aliphatic rings. The Hall–Kier alpha value is -1.12. The zero-order valence-corrected chi connectivity index (χ0v) is 9.92. The number of hydrogen-bond donors (Lipinski definition) is 1. The van der Waals surface area contributed by atoms with Crippen LogP contribution in [-0.4, -0.2) is 37.0 Å². The molecule has 0 radical (unpaired) electrons. The van der Waals surface area contributed by atoms with Crippen LogP contribution in [0, 0.1) is 17.5 Å². The fourth-order valence-electron chi connectivity index (χ4n) is 1.77. The van der Waals surface area contributed by atoms with E-state index < -0.39 is 38.5 Å². The molecule has 1 fully saturated rings. The largest absolute Gasteiger partial charge is 0.392 e. The molecule has 100 valence electrons. The molecule has 1 N–H and O–H groups in total. The second-order valence-corrected chi connectivity index (χ2v) is 5.91. The Morgan fingerprint density at radius 2 is 1.78 bits per heavy atom. The van der Waals surface area contributed by atoms with Crippen LogP contribution in [0.5, 0.6) is 0 Å². The lowest BCUT2D eigenvalue weighted by Crippen LogP contribution is -2.30. The van der Waals surface area contributed by atoms with Crippen LogP contribution in [0.25, 0.3) is 0 Å². The van der Waals surface area contributed by atoms with Gasteiger partial charge in [0.25, 0.3) is 0 Å². The van der Waals surface area contributed by atoms with Crippen molar-refractivity contribution in [1.82, 2.24) is 4.31 Å². The number of aliphatic hydroxyl groups is 1. The zero-order chi connectivity index (χ0) is 13.5. The van der Waals surface area contributed by atoms with Crippen LogP contribution in [-0.2, 0) is 10.0 Å². The third-order valence-corrected chi connectivity index (χ3v) is 4.60. The predicted molar refractivity (Wildman–Crippen MR) is 55.7 cm³/mol. The van der Waals surface area contributed by atoms with Gasteiger partial charge in [-0.25, -0.2) is 21.6 Å². The summed E-state index contributed by atoms with van der Waals surface area (Å²) >= 11 is 0. The normalized spacial score (nSPS) is 21.4. The van der Waals surface area contributed by atoms with Gasteiger partial charge in [-0.2, -0.15) is 4.31 Å². The van der Waals surface area contributed by atoms with E-state index in [9.17, 15) is 26.7 Å². The second kappa shape index (κ2) is 4.52. The van der Waals surface area contributed by atoms with E-state index in [0.29, 0.717) is 6.07 Å². The number of benzene rings is 1. The Morgan fingerprint density at radius 1 is 1.17 bits per heavy atom. The molecule has 4 nitrogen and oxygen atoms in total. The van der Waals surface area contributed by atoms with Gasteiger partial charge in [-0.05, 0) is 12.5 Å². The van der Waals surface area contributed by atoms with Crippen LogP contribution >= 0.6 is 0 Å². The molecule has 0 spiro atoms. The average Bonchev–Trinajstić information content (AvgIpc) is 2.70. The summed E-state index contributed by atoms with van der Waals surface area (Å²) in [4.78, 5) is -0.921. The average molecular weight is 281 g/mol. The molecule has 1 saturated heterocycles. The van der Waals surface area contributed by atoms with Crippen molar-refractivity contribution in [2.75, 3.05) is 13.1 Å². The Balaban J connectivity index is 2.45. The molecule has 0 aromatic heterocycles. The maximum absolute atomic E-state index is 13.4. The summed E-state index contributed by atoms with van der Waals surface area (Å²) in [6, 6.07) is 0.499. The molecule has 1 heterocycles. The molecule has 0 unspecified atom stereocenters. The van der Waals surface area contributed by atoms with Gasteiger partial charge in [-0.15, -0.1) is 0 Å². The van der Waals surface area contributed by atoms with E-state index in [2.05, 4.69) is 0 Å². The summed E-state index contributed by atoms with van der Waals surface area (Å²) in [5, 5.41) is 9.24. The monoisotopic (exact) mass is 281 g/mol. The maximum Gasteiger partial charge on any atom is 0.246 e. The topological polar surface area (TPSA) is 57.6 Å². The Labute approximate surface area is 102 Å². The second-order valence-electron chi connectivity index (χ2n) is 4.00. The minimum absolute atomic E-state index is 0.0158. The molecule has 0 saturated carbocycles. The SMILES string of the molecule is O=S(=O)(c1cc(F)c(F)cc1F)N1CC[C@@H](O)C1. The van der Waals surface area contributed by atoms with Gasteiger partial charge in [0.1, 0.15) is 10.7 Å². The first kappa shape index (κ1) is 13.3. The number of β-amino-alcohol motifs (C(OH)–C–C–N with tert-alkyl or cyclic N) is 1. The van der Waals surface area contributed by atoms with Crippen LogP contribution in [0.3, 0.4) is 0 Å². The van der Waals surface area contributed by atoms with Gasteiger partial charge in [0.2, 0.25) is 10.0 Å². The van der Waals surface area contributed by atoms with Gasteiger partial charge in [0.05, 0.1) is 6.10 Å². The number of nitrogens with zero attached hydrogens (tertiary/aromatic N) is 1. The Bertz CT molecular complexity index is 576. The van der Waals surface area contributed by atoms with Crippen molar-refractivity contribution in [3.8, 4) is 0 Å². The van der Waals surface area contributed by atoms with Gasteiger partial charge < -0.3 is 5.11 Å². The molecule has 0 bridgehead atoms. The molecule has 1 atom stereocenters. The van der Waals surface area contributed by atoms with Crippen LogP contribution in [0.15, 0.2) is 17.0 Å². The van der Waals surface area contributed by atoms with Crippen LogP contribution in [0.4, 0.5) is 13.2 Å². The predicted octanol–water partition coefficient (Wildman–Crippen LogP) is 0.859. The fourth-order valence-corrected chi connectivity index (χ4v) is 3.32. The quantitative estimate of drug-likeness (QED) is 0.818. The van der Waals surface area contributed by atoms with Gasteiger partial charge in [0.15, 0.2) is 11.6 Å². The summed E-state index contributed by atoms with van der Waals surface area (Å²) in [6.07, 6.45) is -0.599. The van der Waals surface area contributed by atoms with E-state index in [1.165, 1.54) is 0 Å². The summed E-state index contributed by atoms with van der Waals surface area (Å²) in [5.74, 6) is -4.24. The van der Waals surface area contributed by atoms with Crippen molar-refractivity contribution in [2.45, 2.75) is 17.4 Å². The summed E-state index contributed by atoms with van der Waals surface area (Å²) in [5.41, 5.74) is 0. The van der Waals surface area contributed by atoms with E-state index in [4.69, 9.17) is 0 Å². The van der Waals surface area contributed by atoms with Crippen molar-refractivity contribution in [3.05, 3.63) is 29.6 Å². The van der Waals surface area contributed by atoms with Gasteiger partial charge >= 0.3 is 0 Å². The van der Waals surface area contributed by atoms with Crippen molar-refractivity contribution < 1.29 is 26.7 Å². The zero-order valence-electron chi connectivity index (χ0n) is 9.11. The first-order valence-corrected chi connectivity index (χ1v) is 6.59. The number of aliphatic hydroxyl groups excluding tert-OH is 1. The van der Waals surface area contributed by atoms with Crippen molar-refractivity contribution in [3.63, 3.8) is 0 Å². The molecule has 0 amide bonds. The minimum Gasteiger partial charge on any atom is -0.392 e. The number of halogens is 3. The molecule has 0 aliphatic carbocycles. The first-order chi connectivity index (χ1) is 8.32. The third kappa shape index (κ3) is 2.23. The van der Waals surface area contributed by atoms with Gasteiger partial charge in [0, 0.05) is 19.2 Å². The lowest BCUT2D eigenvalue weighted by molar-refractivity contribution is 0.189. The molecule has 1 aromatic carbocycles. The van der Waals surface area contributed by atoms with E-state index >= 15 is 0 Å². The Kier molecular flexibility index (Phi) is 3.35. The van der Waals surface area contributed by atoms with Gasteiger partial charge in [-0.3, -0.25) is 0 Å². The highest BCUT2D eigenvalue weighted by molar-refractivity contribution is 7.89. The highest BCUT2D eigenvalue weighted by Crippen LogP contribution is 2.25. The molecule has 2 rings (SSSR count). The van der Waals surface area contributed by atoms with Crippen LogP contribution in [0.2, 0.25) is 0 Å². The molecule has 1 aliphatic heterocycles. The molecule has 1 aromatic rings. The summed E-state index contributed by atoms with van der Waals surface area (Å²) in [7, 11) is -4.25. The number of hydrogen-bond acceptors (Lipinski definition) is 3. The van der Waals surface area contributed by atoms with Crippen molar-refractivity contribution in [2.24, 2.45) is 0 Å². The maximum atomic E-state index is 13.4. The van der Waals surface area contributed by atoms with Crippen LogP contribution in [0.1, 0.15) is 6.42 Å². The number of sulfonamides is 1. The van der Waals surface area contributed by atoms with Crippen molar-refractivity contribution in [1.29, 1.82) is 0 Å². The van der Waals surface area contributed by atoms with Crippen LogP contribution < -0.4 is 0 Å². The third-order valence-electron chi connectivity index (χ3n) is 2.72.